The first-order valence-corrected chi connectivity index (χ1v) is 5.29. The molecule has 0 aliphatic rings. The number of hydrogen-bond donors (Lipinski definition) is 2. The van der Waals surface area contributed by atoms with Crippen LogP contribution in [0.1, 0.15) is 20.3 Å². The molecule has 0 aromatic rings. The predicted molar refractivity (Wildman–Crippen MR) is 54.3 cm³/mol. The maximum Gasteiger partial charge on any atom is 0.237 e. The molecule has 12 heavy (non-hydrogen) atoms. The molecule has 1 unspecified atom stereocenters. The summed E-state index contributed by atoms with van der Waals surface area (Å²) < 4.78 is 0. The van der Waals surface area contributed by atoms with Gasteiger partial charge in [-0.1, -0.05) is 6.92 Å². The standard InChI is InChI=1S/C8H18N2OS/c1-4-12-6-5-8(2,10-3)7(9)11/h10H,4-6H2,1-3H3,(H2,9,11). The minimum atomic E-state index is -0.540. The van der Waals surface area contributed by atoms with E-state index in [-0.39, 0.29) is 5.91 Å². The van der Waals surface area contributed by atoms with Crippen molar-refractivity contribution >= 4 is 17.7 Å². The van der Waals surface area contributed by atoms with Crippen LogP contribution >= 0.6 is 11.8 Å². The van der Waals surface area contributed by atoms with Crippen molar-refractivity contribution in [2.24, 2.45) is 5.73 Å². The predicted octanol–water partition coefficient (Wildman–Crippen LogP) is 0.593. The highest BCUT2D eigenvalue weighted by Crippen LogP contribution is 2.12. The van der Waals surface area contributed by atoms with Gasteiger partial charge in [-0.15, -0.1) is 0 Å². The monoisotopic (exact) mass is 190 g/mol. The zero-order valence-corrected chi connectivity index (χ0v) is 8.83. The number of rotatable bonds is 6. The molecule has 0 fully saturated rings. The van der Waals surface area contributed by atoms with Gasteiger partial charge in [-0.2, -0.15) is 11.8 Å². The first-order chi connectivity index (χ1) is 5.56. The minimum absolute atomic E-state index is 0.276. The fraction of sp³-hybridized carbons (Fsp3) is 0.875. The molecule has 3 nitrogen and oxygen atoms in total. The average Bonchev–Trinajstić information content (AvgIpc) is 2.04. The molecule has 1 atom stereocenters. The SMILES string of the molecule is CCSCCC(C)(NC)C(N)=O. The van der Waals surface area contributed by atoms with Crippen molar-refractivity contribution in [3.63, 3.8) is 0 Å². The van der Waals surface area contributed by atoms with E-state index >= 15 is 0 Å². The van der Waals surface area contributed by atoms with Crippen molar-refractivity contribution in [2.45, 2.75) is 25.8 Å². The normalized spacial score (nSPS) is 15.6. The number of carbonyl (C=O) groups excluding carboxylic acids is 1. The summed E-state index contributed by atoms with van der Waals surface area (Å²) in [7, 11) is 1.77. The number of carbonyl (C=O) groups is 1. The number of thioether (sulfide) groups is 1. The molecule has 0 rings (SSSR count). The van der Waals surface area contributed by atoms with Gasteiger partial charge >= 0.3 is 0 Å². The van der Waals surface area contributed by atoms with E-state index in [2.05, 4.69) is 12.2 Å². The Balaban J connectivity index is 3.88. The zero-order valence-electron chi connectivity index (χ0n) is 8.02. The molecule has 4 heteroatoms. The Labute approximate surface area is 78.5 Å². The first-order valence-electron chi connectivity index (χ1n) is 4.13. The Morgan fingerprint density at radius 2 is 2.25 bits per heavy atom. The number of primary amides is 1. The Morgan fingerprint density at radius 1 is 1.67 bits per heavy atom. The van der Waals surface area contributed by atoms with E-state index < -0.39 is 5.54 Å². The number of nitrogens with two attached hydrogens (primary N) is 1. The summed E-state index contributed by atoms with van der Waals surface area (Å²) in [4.78, 5) is 11.0. The molecule has 3 N–H and O–H groups in total. The third kappa shape index (κ3) is 3.45. The van der Waals surface area contributed by atoms with Crippen LogP contribution in [0.2, 0.25) is 0 Å². The van der Waals surface area contributed by atoms with Crippen molar-refractivity contribution in [2.75, 3.05) is 18.6 Å². The second kappa shape index (κ2) is 5.43. The van der Waals surface area contributed by atoms with Crippen LogP contribution in [0.4, 0.5) is 0 Å². The molecule has 0 aliphatic carbocycles. The molecule has 0 radical (unpaired) electrons. The van der Waals surface area contributed by atoms with Crippen LogP contribution in [0.3, 0.4) is 0 Å². The van der Waals surface area contributed by atoms with E-state index in [1.54, 1.807) is 7.05 Å². The molecule has 0 heterocycles. The smallest absolute Gasteiger partial charge is 0.237 e. The van der Waals surface area contributed by atoms with E-state index in [0.29, 0.717) is 0 Å². The summed E-state index contributed by atoms with van der Waals surface area (Å²) in [5.74, 6) is 1.77. The van der Waals surface area contributed by atoms with Crippen LogP contribution in [-0.2, 0) is 4.79 Å². The van der Waals surface area contributed by atoms with Crippen LogP contribution in [0, 0.1) is 0 Å². The van der Waals surface area contributed by atoms with E-state index in [1.807, 2.05) is 18.7 Å². The Morgan fingerprint density at radius 3 is 2.58 bits per heavy atom. The average molecular weight is 190 g/mol. The van der Waals surface area contributed by atoms with Crippen LogP contribution in [-0.4, -0.2) is 30.0 Å². The fourth-order valence-electron chi connectivity index (χ4n) is 0.792. The van der Waals surface area contributed by atoms with E-state index in [9.17, 15) is 4.79 Å². The maximum absolute atomic E-state index is 11.0. The quantitative estimate of drug-likeness (QED) is 0.603. The van der Waals surface area contributed by atoms with Gasteiger partial charge < -0.3 is 11.1 Å². The van der Waals surface area contributed by atoms with Gasteiger partial charge in [-0.3, -0.25) is 4.79 Å². The molecule has 0 saturated carbocycles. The van der Waals surface area contributed by atoms with Crippen LogP contribution < -0.4 is 11.1 Å². The molecular weight excluding hydrogens is 172 g/mol. The third-order valence-corrected chi connectivity index (χ3v) is 2.95. The zero-order chi connectivity index (χ0) is 9.61. The maximum atomic E-state index is 11.0. The molecule has 0 bridgehead atoms. The summed E-state index contributed by atoms with van der Waals surface area (Å²) in [5.41, 5.74) is 4.71. The lowest BCUT2D eigenvalue weighted by Gasteiger charge is -2.24. The molecule has 0 saturated heterocycles. The number of nitrogens with one attached hydrogen (secondary N) is 1. The van der Waals surface area contributed by atoms with Gasteiger partial charge in [0.05, 0.1) is 5.54 Å². The highest BCUT2D eigenvalue weighted by molar-refractivity contribution is 7.99. The third-order valence-electron chi connectivity index (χ3n) is 2.05. The summed E-state index contributed by atoms with van der Waals surface area (Å²) >= 11 is 1.82. The van der Waals surface area contributed by atoms with Crippen molar-refractivity contribution in [3.05, 3.63) is 0 Å². The van der Waals surface area contributed by atoms with Gasteiger partial charge in [0, 0.05) is 0 Å². The largest absolute Gasteiger partial charge is 0.368 e. The van der Waals surface area contributed by atoms with Gasteiger partial charge in [-0.05, 0) is 31.9 Å². The minimum Gasteiger partial charge on any atom is -0.368 e. The van der Waals surface area contributed by atoms with Crippen molar-refractivity contribution < 1.29 is 4.79 Å². The fourth-order valence-corrected chi connectivity index (χ4v) is 1.63. The van der Waals surface area contributed by atoms with Gasteiger partial charge in [0.2, 0.25) is 5.91 Å². The molecule has 72 valence electrons. The molecule has 0 aromatic heterocycles. The molecule has 0 aliphatic heterocycles. The van der Waals surface area contributed by atoms with Gasteiger partial charge in [0.25, 0.3) is 0 Å². The van der Waals surface area contributed by atoms with E-state index in [0.717, 1.165) is 17.9 Å². The second-order valence-corrected chi connectivity index (χ2v) is 4.29. The summed E-state index contributed by atoms with van der Waals surface area (Å²) in [6.07, 6.45) is 0.789. The number of amides is 1. The molecule has 0 aromatic carbocycles. The summed E-state index contributed by atoms with van der Waals surface area (Å²) in [5, 5.41) is 2.95. The lowest BCUT2D eigenvalue weighted by atomic mass is 9.99. The summed E-state index contributed by atoms with van der Waals surface area (Å²) in [6.45, 7) is 3.94. The lowest BCUT2D eigenvalue weighted by molar-refractivity contribution is -0.123. The molecule has 0 spiro atoms. The van der Waals surface area contributed by atoms with Crippen LogP contribution in [0.5, 0.6) is 0 Å². The Kier molecular flexibility index (Phi) is 5.33. The second-order valence-electron chi connectivity index (χ2n) is 2.89. The van der Waals surface area contributed by atoms with Gasteiger partial charge in [-0.25, -0.2) is 0 Å². The van der Waals surface area contributed by atoms with Crippen molar-refractivity contribution in [1.82, 2.24) is 5.32 Å². The summed E-state index contributed by atoms with van der Waals surface area (Å²) in [6, 6.07) is 0. The van der Waals surface area contributed by atoms with Crippen molar-refractivity contribution in [3.8, 4) is 0 Å². The number of hydrogen-bond acceptors (Lipinski definition) is 3. The Hall–Kier alpha value is -0.220. The van der Waals surface area contributed by atoms with Gasteiger partial charge in [0.15, 0.2) is 0 Å². The lowest BCUT2D eigenvalue weighted by Crippen LogP contribution is -2.51. The van der Waals surface area contributed by atoms with Crippen LogP contribution in [0.15, 0.2) is 0 Å². The van der Waals surface area contributed by atoms with Crippen LogP contribution in [0.25, 0.3) is 0 Å². The van der Waals surface area contributed by atoms with E-state index in [1.165, 1.54) is 0 Å². The molecule has 1 amide bonds. The highest BCUT2D eigenvalue weighted by Gasteiger charge is 2.27. The van der Waals surface area contributed by atoms with Gasteiger partial charge in [0.1, 0.15) is 0 Å². The van der Waals surface area contributed by atoms with Crippen molar-refractivity contribution in [1.29, 1.82) is 0 Å². The topological polar surface area (TPSA) is 55.1 Å². The highest BCUT2D eigenvalue weighted by atomic mass is 32.2. The molecular formula is C8H18N2OS. The Bertz CT molecular complexity index is 152. The number of likely N-dealkylation sites (N-methyl/N-ethyl adjacent to an activating group) is 1. The van der Waals surface area contributed by atoms with E-state index in [4.69, 9.17) is 5.73 Å². The first kappa shape index (κ1) is 11.8.